The molecule has 28 heavy (non-hydrogen) atoms. The van der Waals surface area contributed by atoms with Crippen LogP contribution in [0.4, 0.5) is 0 Å². The predicted octanol–water partition coefficient (Wildman–Crippen LogP) is 2.92. The minimum atomic E-state index is -1.79. The van der Waals surface area contributed by atoms with Crippen LogP contribution in [0.5, 0.6) is 0 Å². The Kier molecular flexibility index (Phi) is 5.00. The summed E-state index contributed by atoms with van der Waals surface area (Å²) in [6.45, 7) is 2.01. The van der Waals surface area contributed by atoms with Crippen molar-refractivity contribution in [2.45, 2.75) is 32.1 Å². The second-order valence-electron chi connectivity index (χ2n) is 6.79. The van der Waals surface area contributed by atoms with Crippen molar-refractivity contribution in [3.63, 3.8) is 0 Å². The Morgan fingerprint density at radius 2 is 1.96 bits per heavy atom. The molecule has 2 aliphatic heterocycles. The lowest BCUT2D eigenvalue weighted by Gasteiger charge is -2.31. The van der Waals surface area contributed by atoms with E-state index in [1.807, 2.05) is 30.3 Å². The molecule has 1 atom stereocenters. The molecule has 0 bridgehead atoms. The van der Waals surface area contributed by atoms with Crippen LogP contribution in [0.15, 0.2) is 41.2 Å². The zero-order chi connectivity index (χ0) is 18.1. The maximum absolute atomic E-state index is 13.0. The van der Waals surface area contributed by atoms with E-state index in [2.05, 4.69) is 0 Å². The molecule has 8 heteroatoms. The molecule has 0 saturated carbocycles. The summed E-state index contributed by atoms with van der Waals surface area (Å²) >= 11 is 0. The Morgan fingerprint density at radius 1 is 1.21 bits per heavy atom. The molecule has 0 amide bonds. The van der Waals surface area contributed by atoms with Crippen molar-refractivity contribution >= 4 is 41.7 Å². The number of aliphatic hydroxyl groups is 1. The van der Waals surface area contributed by atoms with Gasteiger partial charge in [0.25, 0.3) is 5.56 Å². The van der Waals surface area contributed by atoms with Crippen LogP contribution in [-0.2, 0) is 28.3 Å². The van der Waals surface area contributed by atoms with E-state index in [9.17, 15) is 14.7 Å². The second-order valence-corrected chi connectivity index (χ2v) is 6.79. The highest BCUT2D eigenvalue weighted by Gasteiger charge is 2.45. The Bertz CT molecular complexity index is 1170. The summed E-state index contributed by atoms with van der Waals surface area (Å²) in [6.07, 6.45) is 0.139. The average Bonchev–Trinajstić information content (AvgIpc) is 3.01. The van der Waals surface area contributed by atoms with E-state index >= 15 is 0 Å². The molecule has 0 saturated heterocycles. The molecule has 2 aliphatic rings. The quantitative estimate of drug-likeness (QED) is 0.478. The van der Waals surface area contributed by atoms with Gasteiger partial charge in [-0.05, 0) is 24.6 Å². The number of esters is 1. The normalized spacial score (nSPS) is 19.0. The molecule has 6 nitrogen and oxygen atoms in total. The molecule has 0 fully saturated rings. The van der Waals surface area contributed by atoms with Crippen LogP contribution in [-0.4, -0.2) is 20.6 Å². The third-order valence-electron chi connectivity index (χ3n) is 5.42. The zero-order valence-corrected chi connectivity index (χ0v) is 16.6. The molecule has 4 heterocycles. The van der Waals surface area contributed by atoms with Crippen molar-refractivity contribution in [2.75, 3.05) is 0 Å². The number of halogens is 2. The van der Waals surface area contributed by atoms with E-state index in [4.69, 9.17) is 9.72 Å². The molecule has 3 aromatic rings. The van der Waals surface area contributed by atoms with Gasteiger partial charge in [0.15, 0.2) is 5.60 Å². The number of hydrogen-bond donors (Lipinski definition) is 1. The third-order valence-corrected chi connectivity index (χ3v) is 5.42. The van der Waals surface area contributed by atoms with Gasteiger partial charge < -0.3 is 14.4 Å². The van der Waals surface area contributed by atoms with Crippen LogP contribution in [0.3, 0.4) is 0 Å². The molecule has 5 rings (SSSR count). The number of carbonyl (C=O) groups excluding carboxylic acids is 1. The Labute approximate surface area is 173 Å². The van der Waals surface area contributed by atoms with Gasteiger partial charge in [0.05, 0.1) is 29.0 Å². The van der Waals surface area contributed by atoms with E-state index in [1.54, 1.807) is 17.6 Å². The van der Waals surface area contributed by atoms with Gasteiger partial charge in [-0.15, -0.1) is 24.8 Å². The first-order valence-corrected chi connectivity index (χ1v) is 8.59. The van der Waals surface area contributed by atoms with Crippen molar-refractivity contribution in [3.8, 4) is 11.4 Å². The van der Waals surface area contributed by atoms with E-state index in [0.717, 1.165) is 22.2 Å². The van der Waals surface area contributed by atoms with Crippen LogP contribution < -0.4 is 5.56 Å². The topological polar surface area (TPSA) is 81.4 Å². The number of cyclic esters (lactones) is 1. The first-order valence-electron chi connectivity index (χ1n) is 8.59. The molecule has 146 valence electrons. The monoisotopic (exact) mass is 420 g/mol. The number of ether oxygens (including phenoxy) is 1. The SMILES string of the molecule is CC[C@]1(O)C(=O)OCc2c1cc1n(c2=O)Cc2cc3ccccc3nc2-1.Cl.Cl. The summed E-state index contributed by atoms with van der Waals surface area (Å²) in [7, 11) is 0. The molecule has 1 aromatic carbocycles. The van der Waals surface area contributed by atoms with Gasteiger partial charge in [0, 0.05) is 16.5 Å². The van der Waals surface area contributed by atoms with Gasteiger partial charge in [-0.3, -0.25) is 4.79 Å². The van der Waals surface area contributed by atoms with Crippen LogP contribution in [0.1, 0.15) is 30.0 Å². The third kappa shape index (κ3) is 2.56. The highest BCUT2D eigenvalue weighted by atomic mass is 35.5. The molecule has 0 unspecified atom stereocenters. The predicted molar refractivity (Wildman–Crippen MR) is 109 cm³/mol. The van der Waals surface area contributed by atoms with Crippen molar-refractivity contribution in [2.24, 2.45) is 0 Å². The van der Waals surface area contributed by atoms with Gasteiger partial charge in [-0.25, -0.2) is 9.78 Å². The van der Waals surface area contributed by atoms with E-state index in [1.165, 1.54) is 0 Å². The minimum absolute atomic E-state index is 0. The first kappa shape index (κ1) is 20.3. The van der Waals surface area contributed by atoms with Gasteiger partial charge in [0.2, 0.25) is 0 Å². The highest BCUT2D eigenvalue weighted by Crippen LogP contribution is 2.38. The fourth-order valence-corrected chi connectivity index (χ4v) is 3.93. The highest BCUT2D eigenvalue weighted by molar-refractivity contribution is 5.86. The van der Waals surface area contributed by atoms with Gasteiger partial charge in [0.1, 0.15) is 6.61 Å². The van der Waals surface area contributed by atoms with E-state index in [-0.39, 0.29) is 43.4 Å². The Morgan fingerprint density at radius 3 is 2.71 bits per heavy atom. The van der Waals surface area contributed by atoms with E-state index in [0.29, 0.717) is 23.4 Å². The molecular formula is C20H18Cl2N2O4. The fraction of sp³-hybridized carbons (Fsp3) is 0.250. The Hall–Kier alpha value is -2.41. The minimum Gasteiger partial charge on any atom is -0.458 e. The summed E-state index contributed by atoms with van der Waals surface area (Å²) in [6, 6.07) is 11.6. The number of fused-ring (bicyclic) bond motifs is 5. The summed E-state index contributed by atoms with van der Waals surface area (Å²) in [4.78, 5) is 29.9. The number of rotatable bonds is 1. The van der Waals surface area contributed by atoms with Crippen LogP contribution in [0.2, 0.25) is 0 Å². The number of carbonyl (C=O) groups is 1. The number of hydrogen-bond acceptors (Lipinski definition) is 5. The Balaban J connectivity index is 0.00000112. The molecule has 1 N–H and O–H groups in total. The maximum atomic E-state index is 13.0. The van der Waals surface area contributed by atoms with Gasteiger partial charge >= 0.3 is 5.97 Å². The van der Waals surface area contributed by atoms with Crippen molar-refractivity contribution < 1.29 is 14.6 Å². The first-order chi connectivity index (χ1) is 12.5. The lowest BCUT2D eigenvalue weighted by atomic mass is 9.86. The lowest BCUT2D eigenvalue weighted by Crippen LogP contribution is -2.44. The standard InChI is InChI=1S/C20H16N2O4.2ClH/c1-2-20(25)14-8-16-17-12(7-11-5-3-4-6-15(11)21-17)9-22(16)18(23)13(14)10-26-19(20)24;;/h3-8,25H,2,9-10H2,1H3;2*1H/t20-;;/m1../s1. The molecule has 0 spiro atoms. The number of benzene rings is 1. The van der Waals surface area contributed by atoms with Gasteiger partial charge in [-0.1, -0.05) is 25.1 Å². The molecule has 0 radical (unpaired) electrons. The number of pyridine rings is 2. The summed E-state index contributed by atoms with van der Waals surface area (Å²) in [5.74, 6) is -0.707. The lowest BCUT2D eigenvalue weighted by molar-refractivity contribution is -0.172. The van der Waals surface area contributed by atoms with Crippen LogP contribution in [0, 0.1) is 0 Å². The number of aromatic nitrogens is 2. The largest absolute Gasteiger partial charge is 0.458 e. The van der Waals surface area contributed by atoms with Crippen molar-refractivity contribution in [1.82, 2.24) is 9.55 Å². The molecule has 0 aliphatic carbocycles. The van der Waals surface area contributed by atoms with Crippen LogP contribution >= 0.6 is 24.8 Å². The van der Waals surface area contributed by atoms with Gasteiger partial charge in [-0.2, -0.15) is 0 Å². The van der Waals surface area contributed by atoms with E-state index < -0.39 is 11.6 Å². The smallest absolute Gasteiger partial charge is 0.343 e. The number of nitrogens with zero attached hydrogens (tertiary/aromatic N) is 2. The summed E-state index contributed by atoms with van der Waals surface area (Å²) < 4.78 is 6.72. The number of para-hydroxylation sites is 1. The van der Waals surface area contributed by atoms with Crippen molar-refractivity contribution in [3.05, 3.63) is 63.4 Å². The molecular weight excluding hydrogens is 403 g/mol. The summed E-state index contributed by atoms with van der Waals surface area (Å²) in [5, 5.41) is 11.8. The maximum Gasteiger partial charge on any atom is 0.343 e. The zero-order valence-electron chi connectivity index (χ0n) is 15.0. The molecule has 2 aromatic heterocycles. The average molecular weight is 421 g/mol. The van der Waals surface area contributed by atoms with Crippen LogP contribution in [0.25, 0.3) is 22.3 Å². The second kappa shape index (κ2) is 6.88. The van der Waals surface area contributed by atoms with Crippen molar-refractivity contribution in [1.29, 1.82) is 0 Å². The fourth-order valence-electron chi connectivity index (χ4n) is 3.93. The summed E-state index contributed by atoms with van der Waals surface area (Å²) in [5.41, 5.74) is 1.81.